The third-order valence-corrected chi connectivity index (χ3v) is 12.2. The minimum absolute atomic E-state index is 0.674. The van der Waals surface area contributed by atoms with Crippen LogP contribution in [0.3, 0.4) is 0 Å². The van der Waals surface area contributed by atoms with Crippen molar-refractivity contribution in [3.05, 3.63) is 231 Å². The summed E-state index contributed by atoms with van der Waals surface area (Å²) in [6.45, 7) is 0. The average Bonchev–Trinajstić information content (AvgIpc) is 3.71. The number of hydrogen-bond acceptors (Lipinski definition) is 3. The summed E-state index contributed by atoms with van der Waals surface area (Å²) in [6, 6.07) is 81.3. The molecule has 0 aliphatic carbocycles. The van der Waals surface area contributed by atoms with Crippen LogP contribution in [-0.4, -0.2) is 19.5 Å². The Kier molecular flexibility index (Phi) is 8.79. The maximum Gasteiger partial charge on any atom is 0.160 e. The molecule has 0 radical (unpaired) electrons. The lowest BCUT2D eigenvalue weighted by Gasteiger charge is -2.18. The molecule has 0 aliphatic rings. The molecule has 9 aromatic carbocycles. The number of hydrogen-bond donors (Lipinski definition) is 0. The Morgan fingerprint density at radius 1 is 0.286 bits per heavy atom. The first-order valence-corrected chi connectivity index (χ1v) is 21.4. The average molecular weight is 803 g/mol. The van der Waals surface area contributed by atoms with Gasteiger partial charge >= 0.3 is 0 Å². The van der Waals surface area contributed by atoms with E-state index in [1.165, 1.54) is 27.2 Å². The molecule has 4 nitrogen and oxygen atoms in total. The quantitative estimate of drug-likeness (QED) is 0.151. The van der Waals surface area contributed by atoms with Crippen LogP contribution in [0.25, 0.3) is 117 Å². The van der Waals surface area contributed by atoms with Gasteiger partial charge in [-0.1, -0.05) is 194 Å². The summed E-state index contributed by atoms with van der Waals surface area (Å²) >= 11 is 0. The molecule has 0 aliphatic heterocycles. The van der Waals surface area contributed by atoms with E-state index >= 15 is 0 Å². The van der Waals surface area contributed by atoms with Crippen LogP contribution in [0.4, 0.5) is 0 Å². The molecule has 0 fully saturated rings. The zero-order chi connectivity index (χ0) is 41.7. The Morgan fingerprint density at radius 2 is 0.810 bits per heavy atom. The lowest BCUT2D eigenvalue weighted by molar-refractivity contribution is 1.18. The fraction of sp³-hybridized carbons (Fsp3) is 0. The monoisotopic (exact) mass is 802 g/mol. The van der Waals surface area contributed by atoms with Crippen molar-refractivity contribution in [2.45, 2.75) is 0 Å². The third kappa shape index (κ3) is 6.27. The van der Waals surface area contributed by atoms with Crippen molar-refractivity contribution in [1.82, 2.24) is 19.5 Å². The zero-order valence-corrected chi connectivity index (χ0v) is 34.2. The molecular weight excluding hydrogens is 765 g/mol. The van der Waals surface area contributed by atoms with Gasteiger partial charge in [-0.15, -0.1) is 0 Å². The summed E-state index contributed by atoms with van der Waals surface area (Å²) in [5.41, 5.74) is 15.4. The number of para-hydroxylation sites is 3. The predicted octanol–water partition coefficient (Wildman–Crippen LogP) is 15.3. The summed E-state index contributed by atoms with van der Waals surface area (Å²) in [5, 5.41) is 5.87. The van der Waals surface area contributed by atoms with Crippen LogP contribution in [0.5, 0.6) is 0 Å². The zero-order valence-electron chi connectivity index (χ0n) is 34.2. The first kappa shape index (κ1) is 36.4. The van der Waals surface area contributed by atoms with E-state index in [1.54, 1.807) is 0 Å². The van der Waals surface area contributed by atoms with E-state index in [4.69, 9.17) is 15.0 Å². The van der Waals surface area contributed by atoms with E-state index in [2.05, 4.69) is 229 Å². The molecular formula is C59H38N4. The van der Waals surface area contributed by atoms with Gasteiger partial charge < -0.3 is 4.57 Å². The normalized spacial score (nSPS) is 11.5. The molecule has 0 bridgehead atoms. The molecule has 0 saturated heterocycles. The molecule has 12 aromatic rings. The molecule has 0 unspecified atom stereocenters. The molecule has 294 valence electrons. The van der Waals surface area contributed by atoms with E-state index in [0.717, 1.165) is 83.5 Å². The van der Waals surface area contributed by atoms with Crippen LogP contribution >= 0.6 is 0 Å². The maximum absolute atomic E-state index is 5.47. The SMILES string of the molecule is c1ccc(-c2ccc(-c3nc(-c4ccccc4)c(-c4cccc(-c5nc6ccccc6c6c5ccc5c6c6ccccc6n5-c5ccccc5)c4)c(-c4ccccc4)n3)cc2)cc1. The molecule has 63 heavy (non-hydrogen) atoms. The van der Waals surface area contributed by atoms with Gasteiger partial charge in [0.15, 0.2) is 5.82 Å². The van der Waals surface area contributed by atoms with Gasteiger partial charge in [0.05, 0.1) is 33.6 Å². The minimum atomic E-state index is 0.674. The Labute approximate surface area is 365 Å². The van der Waals surface area contributed by atoms with Gasteiger partial charge in [0.1, 0.15) is 0 Å². The highest BCUT2D eigenvalue weighted by atomic mass is 15.0. The minimum Gasteiger partial charge on any atom is -0.309 e. The molecule has 0 atom stereocenters. The van der Waals surface area contributed by atoms with Crippen LogP contribution in [-0.2, 0) is 0 Å². The molecule has 3 heterocycles. The number of benzene rings is 9. The summed E-state index contributed by atoms with van der Waals surface area (Å²) in [4.78, 5) is 16.3. The van der Waals surface area contributed by atoms with Crippen molar-refractivity contribution < 1.29 is 0 Å². The van der Waals surface area contributed by atoms with E-state index in [1.807, 2.05) is 6.07 Å². The van der Waals surface area contributed by atoms with Gasteiger partial charge in [0.25, 0.3) is 0 Å². The molecule has 0 saturated carbocycles. The standard InChI is InChI=1S/C59H38N4/c1-5-18-39(19-6-1)40-32-34-43(35-33-40)59-61-57(41-20-7-2-8-21-41)53(58(62-59)42-22-9-3-10-23-42)44-24-17-25-45(38-44)56-49-36-37-52-55(54(49)47-28-13-15-30-50(47)60-56)48-29-14-16-31-51(48)63(52)46-26-11-4-12-27-46/h1-38H. The number of pyridine rings is 1. The highest BCUT2D eigenvalue weighted by Crippen LogP contribution is 2.45. The first-order valence-electron chi connectivity index (χ1n) is 21.4. The number of fused-ring (bicyclic) bond motifs is 7. The Bertz CT molecular complexity index is 3580. The summed E-state index contributed by atoms with van der Waals surface area (Å²) in [6.07, 6.45) is 0. The Morgan fingerprint density at radius 3 is 1.49 bits per heavy atom. The second-order valence-corrected chi connectivity index (χ2v) is 15.9. The molecule has 4 heteroatoms. The van der Waals surface area contributed by atoms with Crippen molar-refractivity contribution in [3.8, 4) is 73.1 Å². The summed E-state index contributed by atoms with van der Waals surface area (Å²) in [5.74, 6) is 0.674. The molecule has 3 aromatic heterocycles. The molecule has 0 N–H and O–H groups in total. The highest BCUT2D eigenvalue weighted by Gasteiger charge is 2.23. The Balaban J connectivity index is 1.10. The van der Waals surface area contributed by atoms with Crippen molar-refractivity contribution >= 4 is 43.5 Å². The smallest absolute Gasteiger partial charge is 0.160 e. The van der Waals surface area contributed by atoms with E-state index < -0.39 is 0 Å². The lowest BCUT2D eigenvalue weighted by Crippen LogP contribution is -2.01. The summed E-state index contributed by atoms with van der Waals surface area (Å²) in [7, 11) is 0. The topological polar surface area (TPSA) is 43.6 Å². The second kappa shape index (κ2) is 15.2. The third-order valence-electron chi connectivity index (χ3n) is 12.2. The van der Waals surface area contributed by atoms with Crippen molar-refractivity contribution in [1.29, 1.82) is 0 Å². The van der Waals surface area contributed by atoms with Crippen molar-refractivity contribution in [2.75, 3.05) is 0 Å². The van der Waals surface area contributed by atoms with Gasteiger partial charge in [-0.3, -0.25) is 0 Å². The van der Waals surface area contributed by atoms with E-state index in [0.29, 0.717) is 5.82 Å². The molecule has 12 rings (SSSR count). The fourth-order valence-corrected chi connectivity index (χ4v) is 9.31. The molecule has 0 spiro atoms. The van der Waals surface area contributed by atoms with Crippen molar-refractivity contribution in [3.63, 3.8) is 0 Å². The maximum atomic E-state index is 5.47. The Hall–Kier alpha value is -8.47. The van der Waals surface area contributed by atoms with E-state index in [9.17, 15) is 0 Å². The largest absolute Gasteiger partial charge is 0.309 e. The molecule has 0 amide bonds. The van der Waals surface area contributed by atoms with Crippen LogP contribution < -0.4 is 0 Å². The highest BCUT2D eigenvalue weighted by molar-refractivity contribution is 6.29. The van der Waals surface area contributed by atoms with Crippen molar-refractivity contribution in [2.24, 2.45) is 0 Å². The fourth-order valence-electron chi connectivity index (χ4n) is 9.31. The summed E-state index contributed by atoms with van der Waals surface area (Å²) < 4.78 is 2.39. The van der Waals surface area contributed by atoms with Crippen LogP contribution in [0, 0.1) is 0 Å². The van der Waals surface area contributed by atoms with Gasteiger partial charge in [0.2, 0.25) is 0 Å². The second-order valence-electron chi connectivity index (χ2n) is 15.9. The lowest BCUT2D eigenvalue weighted by atomic mass is 9.91. The van der Waals surface area contributed by atoms with Crippen LogP contribution in [0.2, 0.25) is 0 Å². The predicted molar refractivity (Wildman–Crippen MR) is 262 cm³/mol. The number of rotatable bonds is 7. The number of aromatic nitrogens is 4. The van der Waals surface area contributed by atoms with Gasteiger partial charge in [-0.25, -0.2) is 15.0 Å². The van der Waals surface area contributed by atoms with Gasteiger partial charge in [-0.2, -0.15) is 0 Å². The number of nitrogens with zero attached hydrogens (tertiary/aromatic N) is 4. The van der Waals surface area contributed by atoms with Gasteiger partial charge in [0, 0.05) is 60.4 Å². The van der Waals surface area contributed by atoms with Gasteiger partial charge in [-0.05, 0) is 53.1 Å². The van der Waals surface area contributed by atoms with E-state index in [-0.39, 0.29) is 0 Å². The van der Waals surface area contributed by atoms with Crippen LogP contribution in [0.1, 0.15) is 0 Å². The van der Waals surface area contributed by atoms with Crippen LogP contribution in [0.15, 0.2) is 231 Å². The first-order chi connectivity index (χ1) is 31.3.